The molecule has 0 aliphatic heterocycles. The molecule has 0 saturated heterocycles. The van der Waals surface area contributed by atoms with Crippen molar-refractivity contribution in [3.63, 3.8) is 0 Å². The lowest BCUT2D eigenvalue weighted by Crippen LogP contribution is -2.22. The normalized spacial score (nSPS) is 10.8. The maximum absolute atomic E-state index is 12.0. The summed E-state index contributed by atoms with van der Waals surface area (Å²) in [6.07, 6.45) is 7.06. The van der Waals surface area contributed by atoms with Crippen molar-refractivity contribution in [1.29, 1.82) is 0 Å². The van der Waals surface area contributed by atoms with Crippen molar-refractivity contribution in [2.24, 2.45) is 0 Å². The number of hydrogen-bond donors (Lipinski definition) is 1. The standard InChI is InChI=1S/C15H13BrN4O/c1-10-6-12(16)8-20-9-13(19-14(10)20)7-18-15(21)11-2-4-17-5-3-11/h2-6,8-9H,7H2,1H3,(H,18,21). The van der Waals surface area contributed by atoms with Crippen LogP contribution >= 0.6 is 15.9 Å². The third-order valence-electron chi connectivity index (χ3n) is 3.12. The molecule has 3 aromatic rings. The van der Waals surface area contributed by atoms with E-state index < -0.39 is 0 Å². The molecular weight excluding hydrogens is 332 g/mol. The van der Waals surface area contributed by atoms with E-state index in [9.17, 15) is 4.79 Å². The van der Waals surface area contributed by atoms with E-state index in [1.54, 1.807) is 24.5 Å². The van der Waals surface area contributed by atoms with E-state index in [-0.39, 0.29) is 5.91 Å². The van der Waals surface area contributed by atoms with Crippen LogP contribution in [0.4, 0.5) is 0 Å². The molecule has 0 saturated carbocycles. The zero-order valence-corrected chi connectivity index (χ0v) is 13.0. The summed E-state index contributed by atoms with van der Waals surface area (Å²) in [7, 11) is 0. The molecule has 3 heterocycles. The molecule has 1 amide bonds. The molecular formula is C15H13BrN4O. The second kappa shape index (κ2) is 5.65. The molecule has 0 aliphatic rings. The van der Waals surface area contributed by atoms with Gasteiger partial charge in [-0.05, 0) is 46.6 Å². The first-order chi connectivity index (χ1) is 10.1. The zero-order valence-electron chi connectivity index (χ0n) is 11.4. The van der Waals surface area contributed by atoms with E-state index in [0.29, 0.717) is 12.1 Å². The van der Waals surface area contributed by atoms with Gasteiger partial charge in [-0.3, -0.25) is 9.78 Å². The minimum atomic E-state index is -0.132. The van der Waals surface area contributed by atoms with E-state index in [1.807, 2.05) is 29.8 Å². The molecule has 3 rings (SSSR count). The first kappa shape index (κ1) is 13.8. The van der Waals surface area contributed by atoms with Gasteiger partial charge in [0.1, 0.15) is 5.65 Å². The summed E-state index contributed by atoms with van der Waals surface area (Å²) in [6, 6.07) is 5.38. The van der Waals surface area contributed by atoms with Crippen LogP contribution in [-0.2, 0) is 6.54 Å². The van der Waals surface area contributed by atoms with Gasteiger partial charge in [-0.2, -0.15) is 0 Å². The summed E-state index contributed by atoms with van der Waals surface area (Å²) in [5.74, 6) is -0.132. The number of fused-ring (bicyclic) bond motifs is 1. The van der Waals surface area contributed by atoms with Gasteiger partial charge in [0.2, 0.25) is 0 Å². The number of rotatable bonds is 3. The molecule has 3 aromatic heterocycles. The maximum atomic E-state index is 12.0. The van der Waals surface area contributed by atoms with Gasteiger partial charge < -0.3 is 9.72 Å². The molecule has 0 aliphatic carbocycles. The van der Waals surface area contributed by atoms with Gasteiger partial charge in [0.15, 0.2) is 0 Å². The Kier molecular flexibility index (Phi) is 3.70. The van der Waals surface area contributed by atoms with Crippen LogP contribution in [0.25, 0.3) is 5.65 Å². The summed E-state index contributed by atoms with van der Waals surface area (Å²) in [5.41, 5.74) is 3.38. The van der Waals surface area contributed by atoms with Crippen molar-refractivity contribution in [3.8, 4) is 0 Å². The fourth-order valence-corrected chi connectivity index (χ4v) is 2.70. The summed E-state index contributed by atoms with van der Waals surface area (Å²) >= 11 is 3.46. The molecule has 0 atom stereocenters. The fraction of sp³-hybridized carbons (Fsp3) is 0.133. The van der Waals surface area contributed by atoms with Crippen molar-refractivity contribution < 1.29 is 4.79 Å². The lowest BCUT2D eigenvalue weighted by molar-refractivity contribution is 0.0950. The van der Waals surface area contributed by atoms with E-state index in [1.165, 1.54) is 0 Å². The average Bonchev–Trinajstić information content (AvgIpc) is 2.89. The number of nitrogens with zero attached hydrogens (tertiary/aromatic N) is 3. The minimum absolute atomic E-state index is 0.132. The Bertz CT molecular complexity index is 798. The van der Waals surface area contributed by atoms with Crippen LogP contribution in [0, 0.1) is 6.92 Å². The highest BCUT2D eigenvalue weighted by atomic mass is 79.9. The highest BCUT2D eigenvalue weighted by molar-refractivity contribution is 9.10. The van der Waals surface area contributed by atoms with Crippen LogP contribution in [-0.4, -0.2) is 20.3 Å². The van der Waals surface area contributed by atoms with Gasteiger partial charge in [-0.15, -0.1) is 0 Å². The van der Waals surface area contributed by atoms with Crippen molar-refractivity contribution in [3.05, 3.63) is 64.3 Å². The Hall–Kier alpha value is -2.21. The predicted octanol–water partition coefficient (Wildman–Crippen LogP) is 2.73. The highest BCUT2D eigenvalue weighted by Gasteiger charge is 2.08. The Morgan fingerprint density at radius 1 is 1.33 bits per heavy atom. The second-order valence-electron chi connectivity index (χ2n) is 4.72. The van der Waals surface area contributed by atoms with Gasteiger partial charge in [0.05, 0.1) is 12.2 Å². The molecule has 0 aromatic carbocycles. The molecule has 0 unspecified atom stereocenters. The van der Waals surface area contributed by atoms with E-state index >= 15 is 0 Å². The molecule has 0 bridgehead atoms. The Labute approximate surface area is 130 Å². The number of imidazole rings is 1. The smallest absolute Gasteiger partial charge is 0.251 e. The number of nitrogens with one attached hydrogen (secondary N) is 1. The van der Waals surface area contributed by atoms with Crippen molar-refractivity contribution in [2.45, 2.75) is 13.5 Å². The summed E-state index contributed by atoms with van der Waals surface area (Å²) in [5, 5.41) is 2.86. The lowest BCUT2D eigenvalue weighted by Gasteiger charge is -2.02. The number of aromatic nitrogens is 3. The van der Waals surface area contributed by atoms with Gasteiger partial charge in [0, 0.05) is 34.8 Å². The number of aryl methyl sites for hydroxylation is 1. The summed E-state index contributed by atoms with van der Waals surface area (Å²) < 4.78 is 2.95. The SMILES string of the molecule is Cc1cc(Br)cn2cc(CNC(=O)c3ccncc3)nc12. The van der Waals surface area contributed by atoms with Crippen molar-refractivity contribution in [1.82, 2.24) is 19.7 Å². The number of pyridine rings is 2. The van der Waals surface area contributed by atoms with Crippen LogP contribution in [0.2, 0.25) is 0 Å². The predicted molar refractivity (Wildman–Crippen MR) is 83.0 cm³/mol. The monoisotopic (exact) mass is 344 g/mol. The second-order valence-corrected chi connectivity index (χ2v) is 5.64. The number of halogens is 1. The third-order valence-corrected chi connectivity index (χ3v) is 3.56. The van der Waals surface area contributed by atoms with Crippen LogP contribution in [0.5, 0.6) is 0 Å². The van der Waals surface area contributed by atoms with E-state index in [4.69, 9.17) is 0 Å². The molecule has 0 fully saturated rings. The number of amides is 1. The molecule has 0 spiro atoms. The molecule has 106 valence electrons. The van der Waals surface area contributed by atoms with Crippen molar-refractivity contribution >= 4 is 27.5 Å². The van der Waals surface area contributed by atoms with Crippen LogP contribution < -0.4 is 5.32 Å². The first-order valence-corrected chi connectivity index (χ1v) is 7.25. The fourth-order valence-electron chi connectivity index (χ4n) is 2.14. The van der Waals surface area contributed by atoms with E-state index in [2.05, 4.69) is 31.2 Å². The zero-order chi connectivity index (χ0) is 14.8. The highest BCUT2D eigenvalue weighted by Crippen LogP contribution is 2.17. The number of carbonyl (C=O) groups excluding carboxylic acids is 1. The Balaban J connectivity index is 1.77. The Morgan fingerprint density at radius 3 is 2.86 bits per heavy atom. The van der Waals surface area contributed by atoms with Gasteiger partial charge >= 0.3 is 0 Å². The van der Waals surface area contributed by atoms with Gasteiger partial charge in [0.25, 0.3) is 5.91 Å². The lowest BCUT2D eigenvalue weighted by atomic mass is 10.2. The molecule has 1 N–H and O–H groups in total. The minimum Gasteiger partial charge on any atom is -0.346 e. The summed E-state index contributed by atoms with van der Waals surface area (Å²) in [4.78, 5) is 20.4. The largest absolute Gasteiger partial charge is 0.346 e. The number of hydrogen-bond acceptors (Lipinski definition) is 3. The Morgan fingerprint density at radius 2 is 2.10 bits per heavy atom. The number of carbonyl (C=O) groups is 1. The van der Waals surface area contributed by atoms with Crippen LogP contribution in [0.3, 0.4) is 0 Å². The molecule has 0 radical (unpaired) electrons. The third kappa shape index (κ3) is 2.95. The molecule has 5 nitrogen and oxygen atoms in total. The van der Waals surface area contributed by atoms with E-state index in [0.717, 1.165) is 21.4 Å². The van der Waals surface area contributed by atoms with Gasteiger partial charge in [-0.1, -0.05) is 0 Å². The molecule has 6 heteroatoms. The average molecular weight is 345 g/mol. The van der Waals surface area contributed by atoms with Gasteiger partial charge in [-0.25, -0.2) is 4.98 Å². The quantitative estimate of drug-likeness (QED) is 0.794. The topological polar surface area (TPSA) is 59.3 Å². The summed E-state index contributed by atoms with van der Waals surface area (Å²) in [6.45, 7) is 2.40. The molecule has 21 heavy (non-hydrogen) atoms. The van der Waals surface area contributed by atoms with Crippen LogP contribution in [0.15, 0.2) is 47.5 Å². The van der Waals surface area contributed by atoms with Crippen LogP contribution in [0.1, 0.15) is 21.6 Å². The first-order valence-electron chi connectivity index (χ1n) is 6.45. The maximum Gasteiger partial charge on any atom is 0.251 e. The van der Waals surface area contributed by atoms with Crippen molar-refractivity contribution in [2.75, 3.05) is 0 Å².